The van der Waals surface area contributed by atoms with Gasteiger partial charge in [0.1, 0.15) is 23.6 Å². The average Bonchev–Trinajstić information content (AvgIpc) is 3.31. The van der Waals surface area contributed by atoms with E-state index in [2.05, 4.69) is 0 Å². The number of carbonyl (C=O) groups is 1. The van der Waals surface area contributed by atoms with Crippen LogP contribution in [0.25, 0.3) is 11.3 Å². The Morgan fingerprint density at radius 2 is 1.76 bits per heavy atom. The van der Waals surface area contributed by atoms with Crippen LogP contribution < -0.4 is 5.73 Å². The van der Waals surface area contributed by atoms with Crippen molar-refractivity contribution in [3.05, 3.63) is 77.8 Å². The molecule has 2 N–H and O–H groups in total. The Morgan fingerprint density at radius 1 is 1.10 bits per heavy atom. The van der Waals surface area contributed by atoms with Gasteiger partial charge >= 0.3 is 6.03 Å². The lowest BCUT2D eigenvalue weighted by Gasteiger charge is -2.43. The maximum absolute atomic E-state index is 15.0. The first-order valence-corrected chi connectivity index (χ1v) is 15.3. The molecule has 0 unspecified atom stereocenters. The average molecular weight is 592 g/mol. The molecule has 0 bridgehead atoms. The third-order valence-corrected chi connectivity index (χ3v) is 8.70. The highest BCUT2D eigenvalue weighted by Gasteiger charge is 2.41. The molecule has 3 aromatic rings. The summed E-state index contributed by atoms with van der Waals surface area (Å²) in [7, 11) is -3.27. The van der Waals surface area contributed by atoms with Gasteiger partial charge in [0.05, 0.1) is 29.8 Å². The quantitative estimate of drug-likeness (QED) is 0.418. The second-order valence-corrected chi connectivity index (χ2v) is 13.7. The minimum atomic E-state index is -3.27. The summed E-state index contributed by atoms with van der Waals surface area (Å²) in [6.07, 6.45) is 0.0419. The fourth-order valence-corrected chi connectivity index (χ4v) is 6.24. The van der Waals surface area contributed by atoms with Gasteiger partial charge < -0.3 is 20.1 Å². The van der Waals surface area contributed by atoms with Crippen molar-refractivity contribution in [3.63, 3.8) is 0 Å². The minimum absolute atomic E-state index is 0.0215. The molecular weight excluding hydrogens is 555 g/mol. The number of carbonyl (C=O) groups excluding carboxylic acids is 1. The second kappa shape index (κ2) is 12.2. The summed E-state index contributed by atoms with van der Waals surface area (Å²) >= 11 is 0. The Morgan fingerprint density at radius 3 is 2.37 bits per heavy atom. The lowest BCUT2D eigenvalue weighted by molar-refractivity contribution is 0.0690. The molecule has 0 aliphatic carbocycles. The van der Waals surface area contributed by atoms with Gasteiger partial charge in [0, 0.05) is 37.9 Å². The zero-order chi connectivity index (χ0) is 29.9. The Kier molecular flexibility index (Phi) is 9.13. The van der Waals surface area contributed by atoms with Crippen molar-refractivity contribution >= 4 is 15.9 Å². The van der Waals surface area contributed by atoms with E-state index in [-0.39, 0.29) is 48.9 Å². The van der Waals surface area contributed by atoms with E-state index in [1.165, 1.54) is 9.80 Å². The van der Waals surface area contributed by atoms with Crippen molar-refractivity contribution in [2.75, 3.05) is 37.7 Å². The second-order valence-electron chi connectivity index (χ2n) is 11.4. The molecule has 1 saturated heterocycles. The van der Waals surface area contributed by atoms with Gasteiger partial charge in [-0.05, 0) is 29.2 Å². The summed E-state index contributed by atoms with van der Waals surface area (Å²) in [6, 6.07) is 11.1. The Balaban J connectivity index is 1.86. The fraction of sp³-hybridized carbons (Fsp3) is 0.448. The Labute approximate surface area is 238 Å². The van der Waals surface area contributed by atoms with E-state index in [1.807, 2.05) is 51.1 Å². The maximum atomic E-state index is 15.0. The zero-order valence-electron chi connectivity index (χ0n) is 23.4. The monoisotopic (exact) mass is 591 g/mol. The van der Waals surface area contributed by atoms with E-state index in [4.69, 9.17) is 10.7 Å². The zero-order valence-corrected chi connectivity index (χ0v) is 24.3. The third-order valence-electron chi connectivity index (χ3n) is 7.10. The van der Waals surface area contributed by atoms with Crippen molar-refractivity contribution in [1.82, 2.24) is 19.4 Å². The van der Waals surface area contributed by atoms with Gasteiger partial charge in [-0.25, -0.2) is 31.4 Å². The Hall–Kier alpha value is -3.38. The number of nitrogens with two attached hydrogens (primary N) is 1. The van der Waals surface area contributed by atoms with Crippen molar-refractivity contribution in [1.29, 1.82) is 0 Å². The molecule has 0 spiro atoms. The maximum Gasteiger partial charge on any atom is 0.320 e. The first-order valence-electron chi connectivity index (χ1n) is 13.5. The molecule has 2 heterocycles. The summed E-state index contributed by atoms with van der Waals surface area (Å²) in [4.78, 5) is 21.5. The van der Waals surface area contributed by atoms with Gasteiger partial charge in [0.15, 0.2) is 9.84 Å². The molecule has 1 aromatic heterocycles. The summed E-state index contributed by atoms with van der Waals surface area (Å²) in [5.74, 6) is -1.32. The van der Waals surface area contributed by atoms with Crippen LogP contribution in [0.1, 0.15) is 38.2 Å². The lowest BCUT2D eigenvalue weighted by Crippen LogP contribution is -2.54. The molecule has 4 rings (SSSR count). The lowest BCUT2D eigenvalue weighted by atomic mass is 9.84. The van der Waals surface area contributed by atoms with E-state index in [1.54, 1.807) is 10.8 Å². The standard InChI is InChI=1S/C29H36F3N5O3S/c1-29(2,3)26(37(18-22(31)16-33)28(38)35-11-13-41(39,40)14-12-35)27-34-25(23-15-21(30)9-10-24(23)32)19-36(27)17-20-7-5-4-6-8-20/h4-10,15,19,22,26H,11-14,16-18,33H2,1-3H3/t22-,26-/m0/s1. The predicted octanol–water partition coefficient (Wildman–Crippen LogP) is 4.41. The first-order chi connectivity index (χ1) is 19.3. The SMILES string of the molecule is CC(C)(C)[C@H](c1nc(-c2cc(F)ccc2F)cn1Cc1ccccc1)N(C[C@@H](F)CN)C(=O)N1CCS(=O)(=O)CC1. The highest BCUT2D eigenvalue weighted by molar-refractivity contribution is 7.91. The van der Waals surface area contributed by atoms with Crippen LogP contribution in [0.5, 0.6) is 0 Å². The van der Waals surface area contributed by atoms with E-state index < -0.39 is 45.1 Å². The molecule has 41 heavy (non-hydrogen) atoms. The van der Waals surface area contributed by atoms with Crippen molar-refractivity contribution in [3.8, 4) is 11.3 Å². The van der Waals surface area contributed by atoms with Gasteiger partial charge in [0.2, 0.25) is 0 Å². The van der Waals surface area contributed by atoms with Crippen LogP contribution in [0, 0.1) is 17.0 Å². The van der Waals surface area contributed by atoms with Crippen LogP contribution in [0.15, 0.2) is 54.7 Å². The molecule has 12 heteroatoms. The molecule has 2 atom stereocenters. The molecular formula is C29H36F3N5O3S. The molecule has 0 radical (unpaired) electrons. The third kappa shape index (κ3) is 7.28. The number of sulfone groups is 1. The number of rotatable bonds is 8. The summed E-state index contributed by atoms with van der Waals surface area (Å²) < 4.78 is 69.8. The predicted molar refractivity (Wildman–Crippen MR) is 152 cm³/mol. The van der Waals surface area contributed by atoms with E-state index in [9.17, 15) is 26.4 Å². The number of hydrogen-bond acceptors (Lipinski definition) is 5. The first kappa shape index (κ1) is 30.6. The van der Waals surface area contributed by atoms with Gasteiger partial charge in [-0.2, -0.15) is 0 Å². The number of aromatic nitrogens is 2. The summed E-state index contributed by atoms with van der Waals surface area (Å²) in [6.45, 7) is 5.19. The van der Waals surface area contributed by atoms with Crippen molar-refractivity contribution < 1.29 is 26.4 Å². The van der Waals surface area contributed by atoms with Crippen LogP contribution in [0.3, 0.4) is 0 Å². The van der Waals surface area contributed by atoms with Gasteiger partial charge in [-0.1, -0.05) is 51.1 Å². The molecule has 1 fully saturated rings. The largest absolute Gasteiger partial charge is 0.328 e. The molecule has 222 valence electrons. The number of benzene rings is 2. The minimum Gasteiger partial charge on any atom is -0.328 e. The number of imidazole rings is 1. The van der Waals surface area contributed by atoms with Crippen molar-refractivity contribution in [2.24, 2.45) is 11.1 Å². The molecule has 1 aliphatic heterocycles. The van der Waals surface area contributed by atoms with Crippen LogP contribution in [0.2, 0.25) is 0 Å². The van der Waals surface area contributed by atoms with E-state index >= 15 is 0 Å². The normalized spacial score (nSPS) is 16.8. The molecule has 8 nitrogen and oxygen atoms in total. The highest BCUT2D eigenvalue weighted by Crippen LogP contribution is 2.40. The van der Waals surface area contributed by atoms with Crippen LogP contribution >= 0.6 is 0 Å². The van der Waals surface area contributed by atoms with Crippen LogP contribution in [-0.2, 0) is 16.4 Å². The molecule has 2 aromatic carbocycles. The van der Waals surface area contributed by atoms with E-state index in [0.29, 0.717) is 12.4 Å². The molecule has 2 amide bonds. The number of amides is 2. The Bertz CT molecular complexity index is 1460. The van der Waals surface area contributed by atoms with E-state index in [0.717, 1.165) is 23.8 Å². The van der Waals surface area contributed by atoms with Gasteiger partial charge in [-0.15, -0.1) is 0 Å². The molecule has 0 saturated carbocycles. The topological polar surface area (TPSA) is 102 Å². The van der Waals surface area contributed by atoms with Gasteiger partial charge in [0.25, 0.3) is 0 Å². The fourth-order valence-electron chi connectivity index (χ4n) is 5.04. The van der Waals surface area contributed by atoms with Crippen molar-refractivity contribution in [2.45, 2.75) is 39.5 Å². The highest BCUT2D eigenvalue weighted by atomic mass is 32.2. The number of alkyl halides is 1. The molecule has 1 aliphatic rings. The smallest absolute Gasteiger partial charge is 0.320 e. The van der Waals surface area contributed by atoms with Gasteiger partial charge in [-0.3, -0.25) is 0 Å². The number of nitrogens with zero attached hydrogens (tertiary/aromatic N) is 4. The summed E-state index contributed by atoms with van der Waals surface area (Å²) in [5.41, 5.74) is 5.92. The summed E-state index contributed by atoms with van der Waals surface area (Å²) in [5, 5.41) is 0. The number of halogens is 3. The van der Waals surface area contributed by atoms with Crippen LogP contribution in [-0.4, -0.2) is 77.7 Å². The van der Waals surface area contributed by atoms with Crippen LogP contribution in [0.4, 0.5) is 18.0 Å². The number of hydrogen-bond donors (Lipinski definition) is 1. The number of urea groups is 1.